The van der Waals surface area contributed by atoms with Crippen LogP contribution in [0.2, 0.25) is 0 Å². The molecule has 57 heavy (non-hydrogen) atoms. The Bertz CT molecular complexity index is 3030. The van der Waals surface area contributed by atoms with Gasteiger partial charge >= 0.3 is 0 Å². The number of fused-ring (bicyclic) bond motifs is 13. The molecular weight excluding hydrogens is 689 g/mol. The Morgan fingerprint density at radius 3 is 1.86 bits per heavy atom. The molecule has 9 aromatic rings. The van der Waals surface area contributed by atoms with Crippen LogP contribution in [0.5, 0.6) is 0 Å². The average molecular weight is 727 g/mol. The summed E-state index contributed by atoms with van der Waals surface area (Å²) < 4.78 is 2.48. The van der Waals surface area contributed by atoms with Crippen molar-refractivity contribution >= 4 is 34.0 Å². The highest BCUT2D eigenvalue weighted by atomic mass is 15.1. The second kappa shape index (κ2) is 12.4. The largest absolute Gasteiger partial charge is 0.313 e. The molecule has 2 heteroatoms. The SMILES string of the molecule is C1=Cc2c(n(-c3ccc(N(c4cccc(-c5ccccc5)c4)c4cccc5c4-c4ccccc4C54c5ccccc5-c5ccccc54)cc3)c3ccccc23)CC1. The van der Waals surface area contributed by atoms with Crippen LogP contribution in [0.25, 0.3) is 56.0 Å². The molecule has 268 valence electrons. The van der Waals surface area contributed by atoms with E-state index in [1.807, 2.05) is 0 Å². The van der Waals surface area contributed by atoms with Crippen LogP contribution in [0, 0.1) is 0 Å². The number of para-hydroxylation sites is 1. The average Bonchev–Trinajstić information content (AvgIpc) is 3.90. The highest BCUT2D eigenvalue weighted by Crippen LogP contribution is 2.64. The summed E-state index contributed by atoms with van der Waals surface area (Å²) >= 11 is 0. The van der Waals surface area contributed by atoms with Crippen molar-refractivity contribution in [1.82, 2.24) is 4.57 Å². The molecule has 0 unspecified atom stereocenters. The molecule has 0 aliphatic heterocycles. The lowest BCUT2D eigenvalue weighted by Gasteiger charge is -2.32. The first-order valence-corrected chi connectivity index (χ1v) is 20.1. The van der Waals surface area contributed by atoms with Gasteiger partial charge in [-0.2, -0.15) is 0 Å². The van der Waals surface area contributed by atoms with Crippen LogP contribution in [0.3, 0.4) is 0 Å². The van der Waals surface area contributed by atoms with Gasteiger partial charge < -0.3 is 9.47 Å². The lowest BCUT2D eigenvalue weighted by Crippen LogP contribution is -2.26. The van der Waals surface area contributed by atoms with Crippen molar-refractivity contribution in [2.24, 2.45) is 0 Å². The third-order valence-corrected chi connectivity index (χ3v) is 12.7. The van der Waals surface area contributed by atoms with Gasteiger partial charge in [-0.15, -0.1) is 0 Å². The minimum Gasteiger partial charge on any atom is -0.313 e. The van der Waals surface area contributed by atoms with Crippen molar-refractivity contribution in [2.45, 2.75) is 18.3 Å². The minimum atomic E-state index is -0.417. The summed E-state index contributed by atoms with van der Waals surface area (Å²) in [5.41, 5.74) is 21.2. The number of hydrogen-bond donors (Lipinski definition) is 0. The molecule has 0 bridgehead atoms. The van der Waals surface area contributed by atoms with Crippen LogP contribution in [-0.2, 0) is 11.8 Å². The van der Waals surface area contributed by atoms with Crippen LogP contribution in [-0.4, -0.2) is 4.57 Å². The van der Waals surface area contributed by atoms with Gasteiger partial charge in [0.25, 0.3) is 0 Å². The van der Waals surface area contributed by atoms with E-state index in [2.05, 4.69) is 216 Å². The summed E-state index contributed by atoms with van der Waals surface area (Å²) in [4.78, 5) is 2.49. The fourth-order valence-electron chi connectivity index (χ4n) is 10.4. The molecule has 3 aliphatic carbocycles. The second-order valence-corrected chi connectivity index (χ2v) is 15.5. The summed E-state index contributed by atoms with van der Waals surface area (Å²) in [6.07, 6.45) is 6.72. The van der Waals surface area contributed by atoms with E-state index in [4.69, 9.17) is 0 Å². The van der Waals surface area contributed by atoms with Gasteiger partial charge in [0, 0.05) is 39.3 Å². The van der Waals surface area contributed by atoms with Gasteiger partial charge in [0.2, 0.25) is 0 Å². The predicted molar refractivity (Wildman–Crippen MR) is 237 cm³/mol. The zero-order valence-electron chi connectivity index (χ0n) is 31.4. The number of aromatic nitrogens is 1. The first-order valence-electron chi connectivity index (χ1n) is 20.1. The topological polar surface area (TPSA) is 8.17 Å². The Kier molecular flexibility index (Phi) is 7.00. The monoisotopic (exact) mass is 726 g/mol. The van der Waals surface area contributed by atoms with Crippen molar-refractivity contribution in [3.05, 3.63) is 234 Å². The summed E-state index contributed by atoms with van der Waals surface area (Å²) in [6.45, 7) is 0. The molecule has 12 rings (SSSR count). The predicted octanol–water partition coefficient (Wildman–Crippen LogP) is 14.1. The number of benzene rings is 8. The molecule has 0 fully saturated rings. The molecule has 0 atom stereocenters. The zero-order valence-corrected chi connectivity index (χ0v) is 31.4. The van der Waals surface area contributed by atoms with E-state index >= 15 is 0 Å². The summed E-state index contributed by atoms with van der Waals surface area (Å²) in [5.74, 6) is 0. The first-order chi connectivity index (χ1) is 28.3. The molecule has 0 radical (unpaired) electrons. The molecule has 3 aliphatic rings. The summed E-state index contributed by atoms with van der Waals surface area (Å²) in [5, 5.41) is 1.31. The van der Waals surface area contributed by atoms with Gasteiger partial charge in [-0.1, -0.05) is 158 Å². The molecule has 0 saturated heterocycles. The van der Waals surface area contributed by atoms with Crippen molar-refractivity contribution in [1.29, 1.82) is 0 Å². The number of nitrogens with zero attached hydrogens (tertiary/aromatic N) is 2. The smallest absolute Gasteiger partial charge is 0.0726 e. The number of rotatable bonds is 5. The summed E-state index contributed by atoms with van der Waals surface area (Å²) in [7, 11) is 0. The molecule has 8 aromatic carbocycles. The van der Waals surface area contributed by atoms with E-state index in [0.717, 1.165) is 24.2 Å². The normalized spacial score (nSPS) is 13.9. The van der Waals surface area contributed by atoms with Crippen LogP contribution in [0.1, 0.15) is 39.9 Å². The lowest BCUT2D eigenvalue weighted by atomic mass is 9.70. The zero-order chi connectivity index (χ0) is 37.5. The van der Waals surface area contributed by atoms with Gasteiger partial charge in [0.1, 0.15) is 0 Å². The minimum absolute atomic E-state index is 0.417. The molecule has 0 saturated carbocycles. The Morgan fingerprint density at radius 2 is 1.09 bits per heavy atom. The van der Waals surface area contributed by atoms with Gasteiger partial charge in [-0.25, -0.2) is 0 Å². The quantitative estimate of drug-likeness (QED) is 0.171. The molecule has 0 N–H and O–H groups in total. The van der Waals surface area contributed by atoms with Crippen LogP contribution < -0.4 is 4.90 Å². The Morgan fingerprint density at radius 1 is 0.474 bits per heavy atom. The van der Waals surface area contributed by atoms with Crippen molar-refractivity contribution in [2.75, 3.05) is 4.90 Å². The van der Waals surface area contributed by atoms with E-state index in [1.54, 1.807) is 0 Å². The Balaban J connectivity index is 1.10. The number of hydrogen-bond acceptors (Lipinski definition) is 1. The highest BCUT2D eigenvalue weighted by molar-refractivity contribution is 6.01. The molecule has 1 aromatic heterocycles. The van der Waals surface area contributed by atoms with Crippen LogP contribution >= 0.6 is 0 Å². The van der Waals surface area contributed by atoms with E-state index < -0.39 is 5.41 Å². The molecule has 2 nitrogen and oxygen atoms in total. The van der Waals surface area contributed by atoms with Gasteiger partial charge in [-0.3, -0.25) is 0 Å². The van der Waals surface area contributed by atoms with Crippen LogP contribution in [0.15, 0.2) is 200 Å². The maximum absolute atomic E-state index is 2.49. The molecule has 0 amide bonds. The van der Waals surface area contributed by atoms with Gasteiger partial charge in [0.05, 0.1) is 16.6 Å². The maximum Gasteiger partial charge on any atom is 0.0726 e. The number of anilines is 3. The van der Waals surface area contributed by atoms with Crippen molar-refractivity contribution in [3.8, 4) is 39.1 Å². The van der Waals surface area contributed by atoms with E-state index in [9.17, 15) is 0 Å². The third-order valence-electron chi connectivity index (χ3n) is 12.7. The highest BCUT2D eigenvalue weighted by Gasteiger charge is 2.52. The Labute approximate surface area is 333 Å². The van der Waals surface area contributed by atoms with Crippen LogP contribution in [0.4, 0.5) is 17.1 Å². The van der Waals surface area contributed by atoms with E-state index in [1.165, 1.54) is 89.2 Å². The summed E-state index contributed by atoms with van der Waals surface area (Å²) in [6, 6.07) is 72.1. The fraction of sp³-hybridized carbons (Fsp3) is 0.0545. The molecular formula is C55H38N2. The van der Waals surface area contributed by atoms with Crippen molar-refractivity contribution < 1.29 is 0 Å². The second-order valence-electron chi connectivity index (χ2n) is 15.5. The Hall–Kier alpha value is -7.16. The molecule has 1 heterocycles. The lowest BCUT2D eigenvalue weighted by molar-refractivity contribution is 0.794. The molecule has 1 spiro atoms. The number of allylic oxidation sites excluding steroid dienone is 1. The van der Waals surface area contributed by atoms with E-state index in [-0.39, 0.29) is 0 Å². The van der Waals surface area contributed by atoms with Crippen molar-refractivity contribution in [3.63, 3.8) is 0 Å². The first kappa shape index (κ1) is 32.1. The van der Waals surface area contributed by atoms with Gasteiger partial charge in [-0.05, 0) is 111 Å². The standard InChI is InChI=1S/C55H38N2/c1-2-16-37(17-3-1)38-18-14-19-41(36-38)56(39-32-34-40(35-33-39)57-51-29-12-7-22-44(51)45-23-8-13-30-52(45)57)53-31-15-28-50-54(53)46-24-6-11-27-49(46)55(50)47-25-9-4-20-42(47)43-21-5-10-26-48(43)55/h1-12,14-29,31-36H,13,30H2. The van der Waals surface area contributed by atoms with Gasteiger partial charge in [0.15, 0.2) is 0 Å². The maximum atomic E-state index is 2.49. The third kappa shape index (κ3) is 4.53. The fourth-order valence-corrected chi connectivity index (χ4v) is 10.4. The van der Waals surface area contributed by atoms with E-state index in [0.29, 0.717) is 0 Å².